The minimum Gasteiger partial charge on any atom is -0.497 e. The molecule has 0 saturated carbocycles. The van der Waals surface area contributed by atoms with Gasteiger partial charge in [0.25, 0.3) is 5.91 Å². The van der Waals surface area contributed by atoms with Gasteiger partial charge in [-0.15, -0.1) is 0 Å². The Kier molecular flexibility index (Phi) is 6.57. The molecule has 28 heavy (non-hydrogen) atoms. The normalized spacial score (nSPS) is 16.7. The maximum absolute atomic E-state index is 12.6. The van der Waals surface area contributed by atoms with E-state index in [-0.39, 0.29) is 18.6 Å². The van der Waals surface area contributed by atoms with E-state index in [1.165, 1.54) is 16.7 Å². The van der Waals surface area contributed by atoms with Crippen molar-refractivity contribution in [1.82, 2.24) is 4.90 Å². The first-order valence-electron chi connectivity index (χ1n) is 9.69. The molecular weight excluding hydrogens is 354 g/mol. The molecule has 150 valence electrons. The second-order valence-corrected chi connectivity index (χ2v) is 7.39. The molecular formula is C23H29NO4. The van der Waals surface area contributed by atoms with Crippen molar-refractivity contribution in [2.24, 2.45) is 0 Å². The van der Waals surface area contributed by atoms with Crippen molar-refractivity contribution in [3.8, 4) is 11.5 Å². The van der Waals surface area contributed by atoms with Crippen molar-refractivity contribution in [3.05, 3.63) is 58.7 Å². The third kappa shape index (κ3) is 5.04. The number of hydrogen-bond acceptors (Lipinski definition) is 4. The molecule has 0 aliphatic carbocycles. The Morgan fingerprint density at radius 1 is 1.14 bits per heavy atom. The number of carbonyl (C=O) groups is 1. The third-order valence-corrected chi connectivity index (χ3v) is 5.17. The molecule has 1 heterocycles. The predicted octanol–water partition coefficient (Wildman–Crippen LogP) is 3.47. The lowest BCUT2D eigenvalue weighted by Gasteiger charge is -2.33. The van der Waals surface area contributed by atoms with Gasteiger partial charge in [0.1, 0.15) is 11.5 Å². The second kappa shape index (κ2) is 9.11. The van der Waals surface area contributed by atoms with Gasteiger partial charge in [0.05, 0.1) is 19.8 Å². The zero-order valence-corrected chi connectivity index (χ0v) is 17.2. The first-order valence-corrected chi connectivity index (χ1v) is 9.69. The molecule has 1 unspecified atom stereocenters. The Labute approximate surface area is 167 Å². The van der Waals surface area contributed by atoms with Gasteiger partial charge in [0.15, 0.2) is 6.61 Å². The maximum atomic E-state index is 12.6. The van der Waals surface area contributed by atoms with E-state index in [0.717, 1.165) is 17.7 Å². The third-order valence-electron chi connectivity index (χ3n) is 5.17. The van der Waals surface area contributed by atoms with Crippen LogP contribution in [0.15, 0.2) is 36.4 Å². The Hall–Kier alpha value is -2.53. The Balaban J connectivity index is 1.55. The first kappa shape index (κ1) is 20.2. The van der Waals surface area contributed by atoms with Gasteiger partial charge in [-0.25, -0.2) is 0 Å². The van der Waals surface area contributed by atoms with E-state index in [1.807, 2.05) is 30.0 Å². The van der Waals surface area contributed by atoms with Gasteiger partial charge >= 0.3 is 0 Å². The van der Waals surface area contributed by atoms with E-state index in [0.29, 0.717) is 25.4 Å². The highest BCUT2D eigenvalue weighted by Gasteiger charge is 2.25. The zero-order chi connectivity index (χ0) is 20.1. The van der Waals surface area contributed by atoms with Gasteiger partial charge in [-0.05, 0) is 55.7 Å². The van der Waals surface area contributed by atoms with E-state index in [4.69, 9.17) is 14.2 Å². The Morgan fingerprint density at radius 2 is 1.96 bits per heavy atom. The highest BCUT2D eigenvalue weighted by Crippen LogP contribution is 2.23. The molecule has 0 bridgehead atoms. The average Bonchev–Trinajstić information content (AvgIpc) is 2.69. The standard InChI is InChI=1S/C23H29NO4/c1-16-5-6-19(17(2)11-16)13-21-14-24(9-10-27-21)23(25)15-28-22-8-7-20(26-4)12-18(22)3/h5-8,11-12,21H,9-10,13-15H2,1-4H3. The average molecular weight is 383 g/mol. The highest BCUT2D eigenvalue weighted by atomic mass is 16.5. The van der Waals surface area contributed by atoms with Crippen molar-refractivity contribution < 1.29 is 19.0 Å². The predicted molar refractivity (Wildman–Crippen MR) is 109 cm³/mol. The van der Waals surface area contributed by atoms with E-state index >= 15 is 0 Å². The lowest BCUT2D eigenvalue weighted by molar-refractivity contribution is -0.140. The molecule has 5 heteroatoms. The summed E-state index contributed by atoms with van der Waals surface area (Å²) in [5, 5.41) is 0. The van der Waals surface area contributed by atoms with Crippen molar-refractivity contribution in [2.45, 2.75) is 33.3 Å². The number of ether oxygens (including phenoxy) is 3. The lowest BCUT2D eigenvalue weighted by atomic mass is 9.99. The number of amides is 1. The molecule has 5 nitrogen and oxygen atoms in total. The molecule has 1 aliphatic heterocycles. The lowest BCUT2D eigenvalue weighted by Crippen LogP contribution is -2.48. The number of hydrogen-bond donors (Lipinski definition) is 0. The van der Waals surface area contributed by atoms with Gasteiger partial charge in [-0.3, -0.25) is 4.79 Å². The summed E-state index contributed by atoms with van der Waals surface area (Å²) >= 11 is 0. The molecule has 1 fully saturated rings. The van der Waals surface area contributed by atoms with Crippen LogP contribution < -0.4 is 9.47 Å². The van der Waals surface area contributed by atoms with Gasteiger partial charge in [-0.1, -0.05) is 23.8 Å². The van der Waals surface area contributed by atoms with Crippen LogP contribution in [-0.4, -0.2) is 50.3 Å². The molecule has 3 rings (SSSR count). The maximum Gasteiger partial charge on any atom is 0.260 e. The van der Waals surface area contributed by atoms with Crippen LogP contribution in [0.3, 0.4) is 0 Å². The summed E-state index contributed by atoms with van der Waals surface area (Å²) in [4.78, 5) is 14.5. The van der Waals surface area contributed by atoms with E-state index in [2.05, 4.69) is 32.0 Å². The van der Waals surface area contributed by atoms with Crippen LogP contribution in [0.2, 0.25) is 0 Å². The summed E-state index contributed by atoms with van der Waals surface area (Å²) in [6, 6.07) is 12.0. The molecule has 2 aromatic rings. The smallest absolute Gasteiger partial charge is 0.260 e. The largest absolute Gasteiger partial charge is 0.497 e. The molecule has 2 aromatic carbocycles. The van der Waals surface area contributed by atoms with Crippen LogP contribution >= 0.6 is 0 Å². The molecule has 1 amide bonds. The second-order valence-electron chi connectivity index (χ2n) is 7.39. The molecule has 0 aromatic heterocycles. The number of methoxy groups -OCH3 is 1. The Bertz CT molecular complexity index is 833. The van der Waals surface area contributed by atoms with Gasteiger partial charge in [-0.2, -0.15) is 0 Å². The molecule has 0 radical (unpaired) electrons. The molecule has 1 atom stereocenters. The fraction of sp³-hybridized carbons (Fsp3) is 0.435. The van der Waals surface area contributed by atoms with Gasteiger partial charge in [0.2, 0.25) is 0 Å². The number of nitrogens with zero attached hydrogens (tertiary/aromatic N) is 1. The number of rotatable bonds is 6. The molecule has 1 saturated heterocycles. The molecule has 1 aliphatic rings. The summed E-state index contributed by atoms with van der Waals surface area (Å²) in [5.74, 6) is 1.47. The fourth-order valence-electron chi connectivity index (χ4n) is 3.53. The monoisotopic (exact) mass is 383 g/mol. The van der Waals surface area contributed by atoms with Crippen LogP contribution in [-0.2, 0) is 16.0 Å². The van der Waals surface area contributed by atoms with Crippen molar-refractivity contribution in [3.63, 3.8) is 0 Å². The SMILES string of the molecule is COc1ccc(OCC(=O)N2CCOC(Cc3ccc(C)cc3C)C2)c(C)c1. The van der Waals surface area contributed by atoms with Crippen LogP contribution in [0.1, 0.15) is 22.3 Å². The fourth-order valence-corrected chi connectivity index (χ4v) is 3.53. The topological polar surface area (TPSA) is 48.0 Å². The quantitative estimate of drug-likeness (QED) is 0.766. The van der Waals surface area contributed by atoms with Crippen molar-refractivity contribution in [2.75, 3.05) is 33.4 Å². The van der Waals surface area contributed by atoms with Gasteiger partial charge in [0, 0.05) is 19.5 Å². The summed E-state index contributed by atoms with van der Waals surface area (Å²) in [5.41, 5.74) is 4.75. The highest BCUT2D eigenvalue weighted by molar-refractivity contribution is 5.78. The number of aryl methyl sites for hydroxylation is 3. The van der Waals surface area contributed by atoms with Crippen molar-refractivity contribution in [1.29, 1.82) is 0 Å². The van der Waals surface area contributed by atoms with Gasteiger partial charge < -0.3 is 19.1 Å². The summed E-state index contributed by atoms with van der Waals surface area (Å²) < 4.78 is 16.9. The van der Waals surface area contributed by atoms with E-state index in [1.54, 1.807) is 7.11 Å². The first-order chi connectivity index (χ1) is 13.5. The van der Waals surface area contributed by atoms with Crippen LogP contribution in [0.5, 0.6) is 11.5 Å². The summed E-state index contributed by atoms with van der Waals surface area (Å²) in [6.07, 6.45) is 0.829. The van der Waals surface area contributed by atoms with E-state index < -0.39 is 0 Å². The molecule has 0 spiro atoms. The summed E-state index contributed by atoms with van der Waals surface area (Å²) in [6.45, 7) is 7.95. The number of morpholine rings is 1. The van der Waals surface area contributed by atoms with E-state index in [9.17, 15) is 4.79 Å². The van der Waals surface area contributed by atoms with Crippen LogP contribution in [0, 0.1) is 20.8 Å². The molecule has 0 N–H and O–H groups in total. The van der Waals surface area contributed by atoms with Crippen LogP contribution in [0.4, 0.5) is 0 Å². The Morgan fingerprint density at radius 3 is 2.68 bits per heavy atom. The zero-order valence-electron chi connectivity index (χ0n) is 17.2. The minimum atomic E-state index is -0.0100. The van der Waals surface area contributed by atoms with Crippen LogP contribution in [0.25, 0.3) is 0 Å². The minimum absolute atomic E-state index is 0.0100. The number of carbonyl (C=O) groups excluding carboxylic acids is 1. The number of benzene rings is 2. The summed E-state index contributed by atoms with van der Waals surface area (Å²) in [7, 11) is 1.63. The van der Waals surface area contributed by atoms with Crippen molar-refractivity contribution >= 4 is 5.91 Å².